The zero-order valence-corrected chi connectivity index (χ0v) is 11.3. The van der Waals surface area contributed by atoms with E-state index in [1.807, 2.05) is 0 Å². The molecule has 4 rings (SSSR count). The van der Waals surface area contributed by atoms with Gasteiger partial charge in [-0.3, -0.25) is 4.79 Å². The molecule has 4 fully saturated rings. The van der Waals surface area contributed by atoms with Crippen molar-refractivity contribution in [1.82, 2.24) is 0 Å². The van der Waals surface area contributed by atoms with Gasteiger partial charge in [-0.15, -0.1) is 0 Å². The summed E-state index contributed by atoms with van der Waals surface area (Å²) in [6.45, 7) is 9.17. The van der Waals surface area contributed by atoms with E-state index in [-0.39, 0.29) is 16.8 Å². The molecule has 0 spiro atoms. The quantitative estimate of drug-likeness (QED) is 0.651. The summed E-state index contributed by atoms with van der Waals surface area (Å²) in [5, 5.41) is 0. The van der Waals surface area contributed by atoms with Gasteiger partial charge in [0.25, 0.3) is 0 Å². The molecule has 2 atom stereocenters. The zero-order valence-electron chi connectivity index (χ0n) is 11.3. The first-order valence-electron chi connectivity index (χ1n) is 6.66. The maximum atomic E-state index is 12.2. The van der Waals surface area contributed by atoms with Gasteiger partial charge in [0.05, 0.1) is 12.5 Å². The molecule has 2 unspecified atom stereocenters. The lowest BCUT2D eigenvalue weighted by Crippen LogP contribution is -2.61. The molecule has 2 heteroatoms. The van der Waals surface area contributed by atoms with E-state index in [1.54, 1.807) is 0 Å². The largest absolute Gasteiger partial charge is 0.469 e. The maximum Gasteiger partial charge on any atom is 0.311 e. The molecule has 0 aromatic rings. The summed E-state index contributed by atoms with van der Waals surface area (Å²) < 4.78 is 5.10. The first-order valence-corrected chi connectivity index (χ1v) is 6.66. The van der Waals surface area contributed by atoms with Crippen LogP contribution in [0, 0.1) is 28.6 Å². The van der Waals surface area contributed by atoms with Crippen LogP contribution in [0.4, 0.5) is 0 Å². The molecule has 0 aromatic carbocycles. The fraction of sp³-hybridized carbons (Fsp3) is 0.867. The van der Waals surface area contributed by atoms with Crippen molar-refractivity contribution in [2.24, 2.45) is 21.7 Å². The van der Waals surface area contributed by atoms with E-state index in [0.29, 0.717) is 10.8 Å². The summed E-state index contributed by atoms with van der Waals surface area (Å²) in [6.07, 6.45) is 6.61. The summed E-state index contributed by atoms with van der Waals surface area (Å²) in [5.74, 6) is 0.0158. The maximum absolute atomic E-state index is 12.2. The molecular weight excluding hydrogens is 212 g/mol. The number of hydrogen-bond acceptors (Lipinski definition) is 2. The van der Waals surface area contributed by atoms with Gasteiger partial charge in [0.15, 0.2) is 0 Å². The fourth-order valence-corrected chi connectivity index (χ4v) is 6.38. The van der Waals surface area contributed by atoms with Crippen LogP contribution in [-0.2, 0) is 9.53 Å². The summed E-state index contributed by atoms with van der Waals surface area (Å²) in [7, 11) is 1.53. The van der Waals surface area contributed by atoms with Gasteiger partial charge in [-0.25, -0.2) is 0 Å². The molecule has 4 saturated carbocycles. The van der Waals surface area contributed by atoms with Gasteiger partial charge in [-0.2, -0.15) is 0 Å². The summed E-state index contributed by atoms with van der Waals surface area (Å²) in [4.78, 5) is 12.2. The van der Waals surface area contributed by atoms with E-state index in [4.69, 9.17) is 4.74 Å². The van der Waals surface area contributed by atoms with Crippen molar-refractivity contribution in [2.45, 2.75) is 52.4 Å². The van der Waals surface area contributed by atoms with Gasteiger partial charge in [0.1, 0.15) is 0 Å². The van der Waals surface area contributed by atoms with Gasteiger partial charge < -0.3 is 4.74 Å². The normalized spacial score (nSPS) is 56.0. The Kier molecular flexibility index (Phi) is 1.97. The minimum absolute atomic E-state index is 0.0158. The predicted molar refractivity (Wildman–Crippen MR) is 66.2 cm³/mol. The van der Waals surface area contributed by atoms with E-state index in [9.17, 15) is 4.79 Å². The van der Waals surface area contributed by atoms with Gasteiger partial charge in [0, 0.05) is 0 Å². The van der Waals surface area contributed by atoms with Crippen molar-refractivity contribution in [3.8, 4) is 0 Å². The number of esters is 1. The van der Waals surface area contributed by atoms with E-state index < -0.39 is 0 Å². The Morgan fingerprint density at radius 2 is 1.53 bits per heavy atom. The average molecular weight is 235 g/mol. The minimum Gasteiger partial charge on any atom is -0.469 e. The highest BCUT2D eigenvalue weighted by molar-refractivity contribution is 5.78. The average Bonchev–Trinajstić information content (AvgIpc) is 2.08. The van der Waals surface area contributed by atoms with Gasteiger partial charge >= 0.3 is 5.97 Å². The topological polar surface area (TPSA) is 26.3 Å². The lowest BCUT2D eigenvalue weighted by molar-refractivity contribution is -0.201. The molecule has 0 amide bonds. The van der Waals surface area contributed by atoms with Gasteiger partial charge in [-0.05, 0) is 61.7 Å². The molecule has 1 radical (unpaired) electrons. The molecule has 4 aliphatic carbocycles. The lowest BCUT2D eigenvalue weighted by Gasteiger charge is -2.67. The molecule has 0 N–H and O–H groups in total. The Morgan fingerprint density at radius 1 is 1.00 bits per heavy atom. The van der Waals surface area contributed by atoms with E-state index in [0.717, 1.165) is 19.3 Å². The molecule has 0 heterocycles. The summed E-state index contributed by atoms with van der Waals surface area (Å²) in [6, 6.07) is 0. The van der Waals surface area contributed by atoms with E-state index in [2.05, 4.69) is 20.8 Å². The zero-order chi connectivity index (χ0) is 12.5. The molecule has 4 aliphatic rings. The molecule has 95 valence electrons. The SMILES string of the molecule is [CH2]C12CC3(C)CC(C)(C1)CC(C(=O)OC)(C2)C3. The van der Waals surface area contributed by atoms with Crippen LogP contribution >= 0.6 is 0 Å². The number of carbonyl (C=O) groups excluding carboxylic acids is 1. The highest BCUT2D eigenvalue weighted by Gasteiger charge is 2.66. The van der Waals surface area contributed by atoms with Crippen molar-refractivity contribution < 1.29 is 9.53 Å². The Balaban J connectivity index is 2.07. The van der Waals surface area contributed by atoms with Crippen LogP contribution in [0.3, 0.4) is 0 Å². The lowest BCUT2D eigenvalue weighted by atomic mass is 9.36. The van der Waals surface area contributed by atoms with Gasteiger partial charge in [0.2, 0.25) is 0 Å². The van der Waals surface area contributed by atoms with Crippen LogP contribution in [0.1, 0.15) is 52.4 Å². The van der Waals surface area contributed by atoms with E-state index in [1.165, 1.54) is 26.4 Å². The molecule has 17 heavy (non-hydrogen) atoms. The number of methoxy groups -OCH3 is 1. The van der Waals surface area contributed by atoms with Crippen LogP contribution in [0.2, 0.25) is 0 Å². The third-order valence-electron chi connectivity index (χ3n) is 5.32. The minimum atomic E-state index is -0.227. The highest BCUT2D eigenvalue weighted by atomic mass is 16.5. The number of ether oxygens (including phenoxy) is 1. The third kappa shape index (κ3) is 1.49. The Labute approximate surface area is 104 Å². The number of hydrogen-bond donors (Lipinski definition) is 0. The molecular formula is C15H23O2. The van der Waals surface area contributed by atoms with Gasteiger partial charge in [-0.1, -0.05) is 13.8 Å². The molecule has 4 bridgehead atoms. The predicted octanol–water partition coefficient (Wildman–Crippen LogP) is 3.36. The third-order valence-corrected chi connectivity index (χ3v) is 5.32. The van der Waals surface area contributed by atoms with Crippen LogP contribution in [0.15, 0.2) is 0 Å². The van der Waals surface area contributed by atoms with Crippen LogP contribution in [0.25, 0.3) is 0 Å². The van der Waals surface area contributed by atoms with Crippen molar-refractivity contribution in [1.29, 1.82) is 0 Å². The molecule has 2 nitrogen and oxygen atoms in total. The molecule has 0 aliphatic heterocycles. The Morgan fingerprint density at radius 3 is 1.94 bits per heavy atom. The second kappa shape index (κ2) is 2.89. The summed E-state index contributed by atoms with van der Waals surface area (Å²) >= 11 is 0. The van der Waals surface area contributed by atoms with Crippen molar-refractivity contribution >= 4 is 5.97 Å². The van der Waals surface area contributed by atoms with Crippen LogP contribution in [-0.4, -0.2) is 13.1 Å². The second-order valence-corrected chi connectivity index (χ2v) is 7.95. The van der Waals surface area contributed by atoms with E-state index >= 15 is 0 Å². The first kappa shape index (κ1) is 11.6. The van der Waals surface area contributed by atoms with Crippen LogP contribution in [0.5, 0.6) is 0 Å². The fourth-order valence-electron chi connectivity index (χ4n) is 6.38. The van der Waals surface area contributed by atoms with Crippen molar-refractivity contribution in [3.63, 3.8) is 0 Å². The Hall–Kier alpha value is -0.530. The highest BCUT2D eigenvalue weighted by Crippen LogP contribution is 2.73. The first-order chi connectivity index (χ1) is 7.72. The summed E-state index contributed by atoms with van der Waals surface area (Å²) in [5.41, 5.74) is 0.500. The van der Waals surface area contributed by atoms with Crippen molar-refractivity contribution in [2.75, 3.05) is 7.11 Å². The number of rotatable bonds is 1. The smallest absolute Gasteiger partial charge is 0.311 e. The molecule has 0 aromatic heterocycles. The second-order valence-electron chi connectivity index (χ2n) is 7.95. The molecule has 0 saturated heterocycles. The van der Waals surface area contributed by atoms with Crippen LogP contribution < -0.4 is 0 Å². The Bertz CT molecular complexity index is 331. The monoisotopic (exact) mass is 235 g/mol. The standard InChI is InChI=1S/C15H23O2/c1-12-5-13(2)7-14(3,6-12)10-15(8-12,9-13)11(16)17-4/h1,5-10H2,2-4H3. The number of carbonyl (C=O) groups is 1. The van der Waals surface area contributed by atoms with Crippen molar-refractivity contribution in [3.05, 3.63) is 6.92 Å².